The minimum Gasteiger partial charge on any atom is -0.469 e. The van der Waals surface area contributed by atoms with Gasteiger partial charge in [-0.25, -0.2) is 0 Å². The van der Waals surface area contributed by atoms with Crippen molar-refractivity contribution in [2.75, 3.05) is 0 Å². The highest BCUT2D eigenvalue weighted by molar-refractivity contribution is 9.10. The van der Waals surface area contributed by atoms with Crippen LogP contribution in [0.4, 0.5) is 0 Å². The van der Waals surface area contributed by atoms with Crippen molar-refractivity contribution in [3.8, 4) is 0 Å². The molecule has 0 aliphatic carbocycles. The van der Waals surface area contributed by atoms with Gasteiger partial charge in [-0.05, 0) is 35.3 Å². The van der Waals surface area contributed by atoms with Crippen LogP contribution in [0.2, 0.25) is 0 Å². The van der Waals surface area contributed by atoms with E-state index in [-0.39, 0.29) is 0 Å². The van der Waals surface area contributed by atoms with Gasteiger partial charge in [-0.3, -0.25) is 4.68 Å². The summed E-state index contributed by atoms with van der Waals surface area (Å²) in [6.45, 7) is 4.72. The number of rotatable bonds is 4. The van der Waals surface area contributed by atoms with E-state index in [0.717, 1.165) is 34.5 Å². The first-order valence-electron chi connectivity index (χ1n) is 5.57. The fourth-order valence-corrected chi connectivity index (χ4v) is 2.31. The van der Waals surface area contributed by atoms with Crippen LogP contribution in [-0.4, -0.2) is 14.9 Å². The smallest absolute Gasteiger partial charge is 0.125 e. The van der Waals surface area contributed by atoms with E-state index in [9.17, 15) is 5.11 Å². The standard InChI is InChI=1S/C12H15BrN2O2/c1-3-4-15-11(10(13)6-14-15)12(16)9-5-8(2)17-7-9/h5-7,12,16H,3-4H2,1-2H3. The molecule has 0 bridgehead atoms. The lowest BCUT2D eigenvalue weighted by molar-refractivity contribution is 0.205. The molecule has 1 N–H and O–H groups in total. The van der Waals surface area contributed by atoms with Crippen LogP contribution < -0.4 is 0 Å². The summed E-state index contributed by atoms with van der Waals surface area (Å²) in [4.78, 5) is 0. The van der Waals surface area contributed by atoms with Crippen molar-refractivity contribution in [1.29, 1.82) is 0 Å². The molecule has 1 atom stereocenters. The summed E-state index contributed by atoms with van der Waals surface area (Å²) in [5.74, 6) is 0.789. The van der Waals surface area contributed by atoms with Gasteiger partial charge < -0.3 is 9.52 Å². The number of aliphatic hydroxyl groups excluding tert-OH is 1. The molecular formula is C12H15BrN2O2. The molecule has 92 valence electrons. The molecule has 0 amide bonds. The lowest BCUT2D eigenvalue weighted by atomic mass is 10.1. The molecule has 0 fully saturated rings. The van der Waals surface area contributed by atoms with Crippen LogP contribution in [-0.2, 0) is 6.54 Å². The molecule has 0 radical (unpaired) electrons. The number of furan rings is 1. The van der Waals surface area contributed by atoms with Gasteiger partial charge in [0.1, 0.15) is 11.9 Å². The first-order valence-corrected chi connectivity index (χ1v) is 6.37. The van der Waals surface area contributed by atoms with Crippen LogP contribution >= 0.6 is 15.9 Å². The molecule has 0 spiro atoms. The Hall–Kier alpha value is -1.07. The average Bonchev–Trinajstić information content (AvgIpc) is 2.86. The largest absolute Gasteiger partial charge is 0.469 e. The van der Waals surface area contributed by atoms with Gasteiger partial charge in [0.15, 0.2) is 0 Å². The number of aryl methyl sites for hydroxylation is 2. The maximum Gasteiger partial charge on any atom is 0.125 e. The van der Waals surface area contributed by atoms with Crippen molar-refractivity contribution in [2.24, 2.45) is 0 Å². The van der Waals surface area contributed by atoms with Gasteiger partial charge in [-0.2, -0.15) is 5.10 Å². The zero-order chi connectivity index (χ0) is 12.4. The predicted octanol–water partition coefficient (Wildman–Crippen LogP) is 3.04. The van der Waals surface area contributed by atoms with E-state index in [1.54, 1.807) is 12.5 Å². The first kappa shape index (κ1) is 12.4. The van der Waals surface area contributed by atoms with Gasteiger partial charge in [-0.1, -0.05) is 6.92 Å². The molecule has 0 aliphatic rings. The Morgan fingerprint density at radius 2 is 2.35 bits per heavy atom. The lowest BCUT2D eigenvalue weighted by Gasteiger charge is -2.12. The first-order chi connectivity index (χ1) is 8.13. The molecule has 5 heteroatoms. The molecule has 2 aromatic rings. The van der Waals surface area contributed by atoms with Gasteiger partial charge in [0, 0.05) is 12.1 Å². The maximum atomic E-state index is 10.3. The monoisotopic (exact) mass is 298 g/mol. The summed E-state index contributed by atoms with van der Waals surface area (Å²) < 4.78 is 7.85. The maximum absolute atomic E-state index is 10.3. The summed E-state index contributed by atoms with van der Waals surface area (Å²) in [5, 5.41) is 14.6. The van der Waals surface area contributed by atoms with Crippen molar-refractivity contribution < 1.29 is 9.52 Å². The number of aromatic nitrogens is 2. The molecule has 4 nitrogen and oxygen atoms in total. The Labute approximate surface area is 108 Å². The quantitative estimate of drug-likeness (QED) is 0.944. The molecule has 2 rings (SSSR count). The highest BCUT2D eigenvalue weighted by Gasteiger charge is 2.20. The van der Waals surface area contributed by atoms with Gasteiger partial charge >= 0.3 is 0 Å². The van der Waals surface area contributed by atoms with E-state index in [1.165, 1.54) is 0 Å². The lowest BCUT2D eigenvalue weighted by Crippen LogP contribution is -2.10. The summed E-state index contributed by atoms with van der Waals surface area (Å²) in [6.07, 6.45) is 3.55. The number of nitrogens with zero attached hydrogens (tertiary/aromatic N) is 2. The van der Waals surface area contributed by atoms with Crippen molar-refractivity contribution in [2.45, 2.75) is 32.9 Å². The van der Waals surface area contributed by atoms with Crippen molar-refractivity contribution in [1.82, 2.24) is 9.78 Å². The minimum atomic E-state index is -0.712. The van der Waals surface area contributed by atoms with Crippen LogP contribution in [0.15, 0.2) is 27.4 Å². The van der Waals surface area contributed by atoms with E-state index in [0.29, 0.717) is 0 Å². The zero-order valence-electron chi connectivity index (χ0n) is 9.85. The number of halogens is 1. The summed E-state index contributed by atoms with van der Waals surface area (Å²) in [7, 11) is 0. The van der Waals surface area contributed by atoms with Crippen molar-refractivity contribution in [3.05, 3.63) is 40.0 Å². The van der Waals surface area contributed by atoms with E-state index < -0.39 is 6.10 Å². The van der Waals surface area contributed by atoms with E-state index >= 15 is 0 Å². The van der Waals surface area contributed by atoms with Gasteiger partial charge in [0.05, 0.1) is 22.6 Å². The van der Waals surface area contributed by atoms with Crippen LogP contribution in [0.5, 0.6) is 0 Å². The third-order valence-corrected chi connectivity index (χ3v) is 3.21. The second-order valence-electron chi connectivity index (χ2n) is 3.99. The molecule has 0 aliphatic heterocycles. The zero-order valence-corrected chi connectivity index (χ0v) is 11.4. The van der Waals surface area contributed by atoms with Gasteiger partial charge in [0.25, 0.3) is 0 Å². The fourth-order valence-electron chi connectivity index (χ4n) is 1.80. The van der Waals surface area contributed by atoms with Crippen molar-refractivity contribution in [3.63, 3.8) is 0 Å². The Balaban J connectivity index is 2.35. The van der Waals surface area contributed by atoms with Crippen LogP contribution in [0.3, 0.4) is 0 Å². The average molecular weight is 299 g/mol. The van der Waals surface area contributed by atoms with Gasteiger partial charge in [-0.15, -0.1) is 0 Å². The van der Waals surface area contributed by atoms with Crippen molar-refractivity contribution >= 4 is 15.9 Å². The Morgan fingerprint density at radius 1 is 1.59 bits per heavy atom. The third kappa shape index (κ3) is 2.45. The Kier molecular flexibility index (Phi) is 3.69. The normalized spacial score (nSPS) is 12.9. The SMILES string of the molecule is CCCn1ncc(Br)c1C(O)c1coc(C)c1. The van der Waals surface area contributed by atoms with E-state index in [2.05, 4.69) is 28.0 Å². The van der Waals surface area contributed by atoms with E-state index in [1.807, 2.05) is 17.7 Å². The molecule has 0 saturated carbocycles. The molecule has 2 aromatic heterocycles. The topological polar surface area (TPSA) is 51.2 Å². The summed E-state index contributed by atoms with van der Waals surface area (Å²) in [5.41, 5.74) is 1.52. The highest BCUT2D eigenvalue weighted by Crippen LogP contribution is 2.29. The second-order valence-corrected chi connectivity index (χ2v) is 4.85. The Morgan fingerprint density at radius 3 is 2.94 bits per heavy atom. The number of hydrogen-bond acceptors (Lipinski definition) is 3. The number of aliphatic hydroxyl groups is 1. The second kappa shape index (κ2) is 5.06. The molecule has 0 aromatic carbocycles. The van der Waals surface area contributed by atoms with Crippen LogP contribution in [0.1, 0.15) is 36.5 Å². The minimum absolute atomic E-state index is 0.712. The highest BCUT2D eigenvalue weighted by atomic mass is 79.9. The summed E-state index contributed by atoms with van der Waals surface area (Å²) in [6, 6.07) is 1.83. The third-order valence-electron chi connectivity index (χ3n) is 2.59. The molecular weight excluding hydrogens is 284 g/mol. The Bertz CT molecular complexity index is 504. The molecule has 2 heterocycles. The fraction of sp³-hybridized carbons (Fsp3) is 0.417. The summed E-state index contributed by atoms with van der Waals surface area (Å²) >= 11 is 3.42. The predicted molar refractivity (Wildman–Crippen MR) is 67.7 cm³/mol. The van der Waals surface area contributed by atoms with Crippen LogP contribution in [0, 0.1) is 6.92 Å². The van der Waals surface area contributed by atoms with Gasteiger partial charge in [0.2, 0.25) is 0 Å². The van der Waals surface area contributed by atoms with E-state index in [4.69, 9.17) is 4.42 Å². The van der Waals surface area contributed by atoms with Crippen LogP contribution in [0.25, 0.3) is 0 Å². The molecule has 17 heavy (non-hydrogen) atoms. The molecule has 1 unspecified atom stereocenters. The number of hydrogen-bond donors (Lipinski definition) is 1. The molecule has 0 saturated heterocycles.